The van der Waals surface area contributed by atoms with Gasteiger partial charge in [-0.1, -0.05) is 15.9 Å². The molecule has 15 heavy (non-hydrogen) atoms. The minimum absolute atomic E-state index is 0.00426. The SMILES string of the molecule is FC(F)(F)c1cc2n[nH]c(Br)c2cc1Br. The minimum Gasteiger partial charge on any atom is -0.270 e. The number of benzene rings is 1. The van der Waals surface area contributed by atoms with Gasteiger partial charge >= 0.3 is 6.18 Å². The number of aromatic amines is 1. The van der Waals surface area contributed by atoms with Crippen LogP contribution in [0.15, 0.2) is 21.2 Å². The molecule has 1 aromatic carbocycles. The molecule has 0 aliphatic heterocycles. The monoisotopic (exact) mass is 342 g/mol. The summed E-state index contributed by atoms with van der Waals surface area (Å²) in [4.78, 5) is 0. The van der Waals surface area contributed by atoms with Crippen molar-refractivity contribution in [1.82, 2.24) is 10.2 Å². The summed E-state index contributed by atoms with van der Waals surface area (Å²) >= 11 is 6.05. The lowest BCUT2D eigenvalue weighted by Crippen LogP contribution is -2.05. The summed E-state index contributed by atoms with van der Waals surface area (Å²) in [6.45, 7) is 0. The Morgan fingerprint density at radius 3 is 2.47 bits per heavy atom. The Morgan fingerprint density at radius 1 is 1.20 bits per heavy atom. The second-order valence-corrected chi connectivity index (χ2v) is 4.53. The number of H-pyrrole nitrogens is 1. The molecule has 1 aromatic heterocycles. The van der Waals surface area contributed by atoms with Gasteiger partial charge in [0.25, 0.3) is 0 Å². The topological polar surface area (TPSA) is 28.7 Å². The summed E-state index contributed by atoms with van der Waals surface area (Å²) in [5.41, 5.74) is -0.452. The van der Waals surface area contributed by atoms with E-state index in [1.807, 2.05) is 0 Å². The van der Waals surface area contributed by atoms with Gasteiger partial charge in [-0.25, -0.2) is 0 Å². The van der Waals surface area contributed by atoms with Crippen LogP contribution in [0.4, 0.5) is 13.2 Å². The molecule has 0 radical (unpaired) electrons. The van der Waals surface area contributed by atoms with E-state index in [1.54, 1.807) is 0 Å². The van der Waals surface area contributed by atoms with Crippen LogP contribution in [0.3, 0.4) is 0 Å². The summed E-state index contributed by atoms with van der Waals surface area (Å²) < 4.78 is 38.1. The maximum absolute atomic E-state index is 12.5. The van der Waals surface area contributed by atoms with Crippen LogP contribution >= 0.6 is 31.9 Å². The number of nitrogens with zero attached hydrogens (tertiary/aromatic N) is 1. The van der Waals surface area contributed by atoms with Crippen molar-refractivity contribution in [1.29, 1.82) is 0 Å². The zero-order chi connectivity index (χ0) is 11.2. The van der Waals surface area contributed by atoms with E-state index in [-0.39, 0.29) is 9.99 Å². The molecule has 2 nitrogen and oxygen atoms in total. The molecule has 0 fully saturated rings. The molecule has 0 atom stereocenters. The Hall–Kier alpha value is -0.560. The van der Waals surface area contributed by atoms with Crippen LogP contribution in [0.2, 0.25) is 0 Å². The molecule has 7 heteroatoms. The molecule has 1 N–H and O–H groups in total. The van der Waals surface area contributed by atoms with Gasteiger partial charge in [0.15, 0.2) is 0 Å². The highest BCUT2D eigenvalue weighted by Gasteiger charge is 2.33. The molecule has 0 spiro atoms. The quantitative estimate of drug-likeness (QED) is 0.766. The van der Waals surface area contributed by atoms with Crippen molar-refractivity contribution < 1.29 is 13.2 Å². The van der Waals surface area contributed by atoms with Crippen molar-refractivity contribution in [2.24, 2.45) is 0 Å². The standard InChI is InChI=1S/C8H3Br2F3N2/c9-5-1-3-6(14-15-7(3)10)2-4(5)8(11,12)13/h1-2H,(H,14,15). The summed E-state index contributed by atoms with van der Waals surface area (Å²) in [7, 11) is 0. The lowest BCUT2D eigenvalue weighted by Gasteiger charge is -2.08. The Bertz CT molecular complexity index is 518. The smallest absolute Gasteiger partial charge is 0.270 e. The lowest BCUT2D eigenvalue weighted by molar-refractivity contribution is -0.138. The van der Waals surface area contributed by atoms with E-state index in [0.29, 0.717) is 9.99 Å². The predicted molar refractivity (Wildman–Crippen MR) is 56.5 cm³/mol. The fourth-order valence-corrected chi connectivity index (χ4v) is 2.19. The number of halogens is 5. The van der Waals surface area contributed by atoms with Crippen LogP contribution in [0.5, 0.6) is 0 Å². The van der Waals surface area contributed by atoms with Gasteiger partial charge in [0.2, 0.25) is 0 Å². The summed E-state index contributed by atoms with van der Waals surface area (Å²) in [6.07, 6.45) is -4.38. The van der Waals surface area contributed by atoms with Gasteiger partial charge in [0.05, 0.1) is 11.1 Å². The average molecular weight is 344 g/mol. The van der Waals surface area contributed by atoms with Gasteiger partial charge in [0.1, 0.15) is 4.60 Å². The van der Waals surface area contributed by atoms with Crippen LogP contribution in [-0.4, -0.2) is 10.2 Å². The number of alkyl halides is 3. The third-order valence-corrected chi connectivity index (χ3v) is 3.16. The molecule has 0 aliphatic rings. The number of hydrogen-bond donors (Lipinski definition) is 1. The molecular weight excluding hydrogens is 341 g/mol. The van der Waals surface area contributed by atoms with Gasteiger partial charge in [-0.3, -0.25) is 5.10 Å². The number of fused-ring (bicyclic) bond motifs is 1. The summed E-state index contributed by atoms with van der Waals surface area (Å²) in [5, 5.41) is 6.91. The first-order valence-corrected chi connectivity index (χ1v) is 5.38. The highest BCUT2D eigenvalue weighted by Crippen LogP contribution is 2.37. The van der Waals surface area contributed by atoms with E-state index < -0.39 is 11.7 Å². The molecule has 2 rings (SSSR count). The highest BCUT2D eigenvalue weighted by molar-refractivity contribution is 9.11. The molecule has 0 saturated carbocycles. The van der Waals surface area contributed by atoms with E-state index >= 15 is 0 Å². The van der Waals surface area contributed by atoms with Gasteiger partial charge in [0, 0.05) is 9.86 Å². The first-order valence-electron chi connectivity index (χ1n) is 3.80. The maximum atomic E-state index is 12.5. The van der Waals surface area contributed by atoms with Gasteiger partial charge in [-0.2, -0.15) is 18.3 Å². The second kappa shape index (κ2) is 3.48. The van der Waals surface area contributed by atoms with Crippen molar-refractivity contribution in [3.05, 3.63) is 26.8 Å². The lowest BCUT2D eigenvalue weighted by atomic mass is 10.1. The molecule has 2 aromatic rings. The zero-order valence-corrected chi connectivity index (χ0v) is 10.2. The Labute approximate surface area is 99.1 Å². The fourth-order valence-electron chi connectivity index (χ4n) is 1.22. The first-order chi connectivity index (χ1) is 6.89. The third kappa shape index (κ3) is 1.90. The van der Waals surface area contributed by atoms with Gasteiger partial charge < -0.3 is 0 Å². The van der Waals surface area contributed by atoms with Gasteiger partial charge in [-0.15, -0.1) is 0 Å². The largest absolute Gasteiger partial charge is 0.417 e. The molecule has 1 heterocycles. The van der Waals surface area contributed by atoms with E-state index in [4.69, 9.17) is 0 Å². The molecular formula is C8H3Br2F3N2. The van der Waals surface area contributed by atoms with Gasteiger partial charge in [-0.05, 0) is 28.1 Å². The molecule has 0 unspecified atom stereocenters. The molecule has 80 valence electrons. The average Bonchev–Trinajstić information content (AvgIpc) is 2.45. The van der Waals surface area contributed by atoms with E-state index in [1.165, 1.54) is 6.07 Å². The van der Waals surface area contributed by atoms with Crippen molar-refractivity contribution >= 4 is 42.8 Å². The predicted octanol–water partition coefficient (Wildman–Crippen LogP) is 4.11. The minimum atomic E-state index is -4.38. The van der Waals surface area contributed by atoms with Crippen LogP contribution < -0.4 is 0 Å². The number of hydrogen-bond acceptors (Lipinski definition) is 1. The summed E-state index contributed by atoms with van der Waals surface area (Å²) in [6, 6.07) is 2.38. The van der Waals surface area contributed by atoms with Crippen molar-refractivity contribution in [2.75, 3.05) is 0 Å². The number of nitrogens with one attached hydrogen (secondary N) is 1. The number of rotatable bonds is 0. The second-order valence-electron chi connectivity index (χ2n) is 2.88. The fraction of sp³-hybridized carbons (Fsp3) is 0.125. The van der Waals surface area contributed by atoms with Crippen LogP contribution in [0.25, 0.3) is 10.9 Å². The molecule has 0 saturated heterocycles. The molecule has 0 amide bonds. The first kappa shape index (κ1) is 10.9. The number of aromatic nitrogens is 2. The van der Waals surface area contributed by atoms with E-state index in [0.717, 1.165) is 6.07 Å². The Morgan fingerprint density at radius 2 is 1.87 bits per heavy atom. The van der Waals surface area contributed by atoms with Crippen molar-refractivity contribution in [3.8, 4) is 0 Å². The maximum Gasteiger partial charge on any atom is 0.417 e. The van der Waals surface area contributed by atoms with Crippen LogP contribution in [-0.2, 0) is 6.18 Å². The van der Waals surface area contributed by atoms with E-state index in [2.05, 4.69) is 42.1 Å². The zero-order valence-electron chi connectivity index (χ0n) is 6.99. The Kier molecular flexibility index (Phi) is 2.54. The molecule has 0 bridgehead atoms. The van der Waals surface area contributed by atoms with Crippen molar-refractivity contribution in [2.45, 2.75) is 6.18 Å². The molecule has 0 aliphatic carbocycles. The highest BCUT2D eigenvalue weighted by atomic mass is 79.9. The summed E-state index contributed by atoms with van der Waals surface area (Å²) in [5.74, 6) is 0. The Balaban J connectivity index is 2.74. The van der Waals surface area contributed by atoms with Crippen molar-refractivity contribution in [3.63, 3.8) is 0 Å². The van der Waals surface area contributed by atoms with Crippen LogP contribution in [0, 0.1) is 0 Å². The normalized spacial score (nSPS) is 12.3. The van der Waals surface area contributed by atoms with E-state index in [9.17, 15) is 13.2 Å². The third-order valence-electron chi connectivity index (χ3n) is 1.90. The van der Waals surface area contributed by atoms with Crippen LogP contribution in [0.1, 0.15) is 5.56 Å².